The molecule has 1 heterocycles. The van der Waals surface area contributed by atoms with Gasteiger partial charge in [-0.15, -0.1) is 0 Å². The van der Waals surface area contributed by atoms with Crippen molar-refractivity contribution in [2.75, 3.05) is 14.2 Å². The number of hydrogen-bond donors (Lipinski definition) is 0. The number of pyridine rings is 1. The molecule has 7 heteroatoms. The van der Waals surface area contributed by atoms with Gasteiger partial charge in [0.05, 0.1) is 24.3 Å². The molecule has 1 aromatic rings. The van der Waals surface area contributed by atoms with E-state index < -0.39 is 12.4 Å². The normalized spacial score (nSPS) is 10.4. The molecule has 0 radical (unpaired) electrons. The predicted molar refractivity (Wildman–Crippen MR) is 54.8 cm³/mol. The van der Waals surface area contributed by atoms with Crippen molar-refractivity contribution >= 4 is 21.9 Å². The van der Waals surface area contributed by atoms with Gasteiger partial charge in [-0.1, -0.05) is 0 Å². The van der Waals surface area contributed by atoms with E-state index in [1.807, 2.05) is 0 Å². The van der Waals surface area contributed by atoms with Gasteiger partial charge in [-0.05, 0) is 22.0 Å². The molecule has 0 aliphatic heterocycles. The minimum absolute atomic E-state index is 0.108. The van der Waals surface area contributed by atoms with Gasteiger partial charge in [-0.25, -0.2) is 18.6 Å². The van der Waals surface area contributed by atoms with Crippen molar-refractivity contribution in [2.45, 2.75) is 6.43 Å². The zero-order valence-electron chi connectivity index (χ0n) is 8.46. The van der Waals surface area contributed by atoms with Crippen LogP contribution in [-0.2, 0) is 4.74 Å². The van der Waals surface area contributed by atoms with Crippen LogP contribution in [0.2, 0.25) is 0 Å². The second-order valence-corrected chi connectivity index (χ2v) is 3.56. The number of methoxy groups -OCH3 is 2. The highest BCUT2D eigenvalue weighted by Gasteiger charge is 2.21. The first-order valence-corrected chi connectivity index (χ1v) is 4.91. The molecule has 1 rings (SSSR count). The molecule has 0 amide bonds. The zero-order chi connectivity index (χ0) is 12.3. The molecule has 0 aliphatic rings. The fourth-order valence-corrected chi connectivity index (χ4v) is 1.54. The van der Waals surface area contributed by atoms with E-state index in [9.17, 15) is 13.6 Å². The van der Waals surface area contributed by atoms with E-state index >= 15 is 0 Å². The number of alkyl halides is 2. The van der Waals surface area contributed by atoms with Crippen LogP contribution >= 0.6 is 15.9 Å². The summed E-state index contributed by atoms with van der Waals surface area (Å²) in [5.74, 6) is -1.02. The summed E-state index contributed by atoms with van der Waals surface area (Å²) < 4.78 is 34.4. The van der Waals surface area contributed by atoms with Crippen molar-refractivity contribution in [3.8, 4) is 5.88 Å². The van der Waals surface area contributed by atoms with Crippen molar-refractivity contribution < 1.29 is 23.0 Å². The van der Waals surface area contributed by atoms with E-state index in [2.05, 4.69) is 30.4 Å². The van der Waals surface area contributed by atoms with Crippen LogP contribution in [0.15, 0.2) is 10.5 Å². The third-order valence-corrected chi connectivity index (χ3v) is 2.38. The summed E-state index contributed by atoms with van der Waals surface area (Å²) in [7, 11) is 2.37. The Bertz CT molecular complexity index is 412. The molecule has 0 saturated heterocycles. The minimum atomic E-state index is -2.73. The maximum absolute atomic E-state index is 12.6. The van der Waals surface area contributed by atoms with Gasteiger partial charge >= 0.3 is 5.97 Å². The summed E-state index contributed by atoms with van der Waals surface area (Å²) in [5, 5.41) is 0. The first-order chi connectivity index (χ1) is 7.51. The Balaban J connectivity index is 3.31. The lowest BCUT2D eigenvalue weighted by Crippen LogP contribution is -2.08. The summed E-state index contributed by atoms with van der Waals surface area (Å²) in [6.45, 7) is 0. The molecule has 1 aromatic heterocycles. The van der Waals surface area contributed by atoms with E-state index in [-0.39, 0.29) is 21.6 Å². The number of halogens is 3. The first-order valence-electron chi connectivity index (χ1n) is 4.12. The molecule has 0 bridgehead atoms. The summed E-state index contributed by atoms with van der Waals surface area (Å²) in [4.78, 5) is 14.9. The maximum atomic E-state index is 12.6. The number of carbonyl (C=O) groups is 1. The van der Waals surface area contributed by atoms with Crippen LogP contribution in [0.4, 0.5) is 8.78 Å². The summed E-state index contributed by atoms with van der Waals surface area (Å²) >= 11 is 2.97. The molecule has 4 nitrogen and oxygen atoms in total. The Labute approximate surface area is 98.7 Å². The van der Waals surface area contributed by atoms with Crippen LogP contribution in [0.25, 0.3) is 0 Å². The third kappa shape index (κ3) is 2.46. The van der Waals surface area contributed by atoms with Crippen molar-refractivity contribution in [2.24, 2.45) is 0 Å². The lowest BCUT2D eigenvalue weighted by atomic mass is 10.2. The molecule has 16 heavy (non-hydrogen) atoms. The number of esters is 1. The largest absolute Gasteiger partial charge is 0.481 e. The monoisotopic (exact) mass is 295 g/mol. The minimum Gasteiger partial charge on any atom is -0.481 e. The highest BCUT2D eigenvalue weighted by atomic mass is 79.9. The van der Waals surface area contributed by atoms with Gasteiger partial charge < -0.3 is 9.47 Å². The van der Waals surface area contributed by atoms with E-state index in [0.717, 1.165) is 6.07 Å². The molecule has 0 aliphatic carbocycles. The molecule has 0 aromatic carbocycles. The van der Waals surface area contributed by atoms with E-state index in [1.54, 1.807) is 0 Å². The van der Waals surface area contributed by atoms with Crippen LogP contribution in [0.5, 0.6) is 5.88 Å². The maximum Gasteiger partial charge on any atom is 0.357 e. The third-order valence-electron chi connectivity index (χ3n) is 1.78. The van der Waals surface area contributed by atoms with Crippen LogP contribution < -0.4 is 4.74 Å². The van der Waals surface area contributed by atoms with Gasteiger partial charge in [0.1, 0.15) is 0 Å². The summed E-state index contributed by atoms with van der Waals surface area (Å²) in [5.41, 5.74) is -0.495. The first kappa shape index (κ1) is 12.8. The van der Waals surface area contributed by atoms with Crippen LogP contribution in [-0.4, -0.2) is 25.2 Å². The number of rotatable bonds is 3. The topological polar surface area (TPSA) is 48.4 Å². The Kier molecular flexibility index (Phi) is 4.17. The average molecular weight is 296 g/mol. The number of ether oxygens (including phenoxy) is 2. The highest BCUT2D eigenvalue weighted by Crippen LogP contribution is 2.31. The Hall–Kier alpha value is -1.24. The molecule has 0 N–H and O–H groups in total. The van der Waals surface area contributed by atoms with Crippen molar-refractivity contribution in [3.05, 3.63) is 21.8 Å². The highest BCUT2D eigenvalue weighted by molar-refractivity contribution is 9.10. The molecule has 0 atom stereocenters. The lowest BCUT2D eigenvalue weighted by Gasteiger charge is -2.09. The van der Waals surface area contributed by atoms with Crippen LogP contribution in [0.3, 0.4) is 0 Å². The van der Waals surface area contributed by atoms with E-state index in [4.69, 9.17) is 0 Å². The van der Waals surface area contributed by atoms with E-state index in [0.29, 0.717) is 0 Å². The molecule has 0 spiro atoms. The molecule has 0 fully saturated rings. The molecule has 0 unspecified atom stereocenters. The van der Waals surface area contributed by atoms with Gasteiger partial charge in [-0.2, -0.15) is 0 Å². The van der Waals surface area contributed by atoms with Crippen molar-refractivity contribution in [1.82, 2.24) is 4.98 Å². The van der Waals surface area contributed by atoms with Crippen LogP contribution in [0, 0.1) is 0 Å². The van der Waals surface area contributed by atoms with Crippen molar-refractivity contribution in [1.29, 1.82) is 0 Å². The second kappa shape index (κ2) is 5.20. The average Bonchev–Trinajstić information content (AvgIpc) is 2.27. The van der Waals surface area contributed by atoms with E-state index in [1.165, 1.54) is 14.2 Å². The number of nitrogens with zero attached hydrogens (tertiary/aromatic N) is 1. The molecule has 88 valence electrons. The fraction of sp³-hybridized carbons (Fsp3) is 0.333. The van der Waals surface area contributed by atoms with Gasteiger partial charge in [0.15, 0.2) is 5.69 Å². The predicted octanol–water partition coefficient (Wildman–Crippen LogP) is 2.58. The van der Waals surface area contributed by atoms with Crippen molar-refractivity contribution in [3.63, 3.8) is 0 Å². The number of aromatic nitrogens is 1. The fourth-order valence-electron chi connectivity index (χ4n) is 1.05. The Morgan fingerprint density at radius 1 is 1.50 bits per heavy atom. The summed E-state index contributed by atoms with van der Waals surface area (Å²) in [6.07, 6.45) is -2.73. The zero-order valence-corrected chi connectivity index (χ0v) is 10.0. The van der Waals surface area contributed by atoms with Gasteiger partial charge in [-0.3, -0.25) is 0 Å². The lowest BCUT2D eigenvalue weighted by molar-refractivity contribution is 0.0591. The SMILES string of the molecule is COC(=O)c1nc(OC)c(C(F)F)cc1Br. The Morgan fingerprint density at radius 3 is 2.56 bits per heavy atom. The smallest absolute Gasteiger partial charge is 0.357 e. The van der Waals surface area contributed by atoms with Gasteiger partial charge in [0.25, 0.3) is 6.43 Å². The number of carbonyl (C=O) groups excluding carboxylic acids is 1. The molecular weight excluding hydrogens is 288 g/mol. The Morgan fingerprint density at radius 2 is 2.12 bits per heavy atom. The quantitative estimate of drug-likeness (QED) is 0.804. The number of hydrogen-bond acceptors (Lipinski definition) is 4. The van der Waals surface area contributed by atoms with Crippen LogP contribution in [0.1, 0.15) is 22.5 Å². The molecular formula is C9H8BrF2NO3. The molecule has 0 saturated carbocycles. The van der Waals surface area contributed by atoms with Gasteiger partial charge in [0.2, 0.25) is 5.88 Å². The summed E-state index contributed by atoms with van der Waals surface area (Å²) in [6, 6.07) is 1.09. The second-order valence-electron chi connectivity index (χ2n) is 2.71. The standard InChI is InChI=1S/C9H8BrF2NO3/c1-15-8-4(7(11)12)3-5(10)6(13-8)9(14)16-2/h3,7H,1-2H3. The van der Waals surface area contributed by atoms with Gasteiger partial charge in [0, 0.05) is 0 Å².